The van der Waals surface area contributed by atoms with Crippen molar-refractivity contribution in [3.63, 3.8) is 0 Å². The SMILES string of the molecule is CCCn1c(C)cc(C(=O)CSc2nnc3c(Cl)cc(Cl)cn23)c1C. The van der Waals surface area contributed by atoms with Gasteiger partial charge in [-0.2, -0.15) is 0 Å². The van der Waals surface area contributed by atoms with Crippen molar-refractivity contribution in [2.45, 2.75) is 38.9 Å². The first kappa shape index (κ1) is 18.3. The molecule has 0 amide bonds. The summed E-state index contributed by atoms with van der Waals surface area (Å²) in [6.07, 6.45) is 2.73. The first-order valence-corrected chi connectivity index (χ1v) is 9.69. The molecule has 3 rings (SSSR count). The van der Waals surface area contributed by atoms with Gasteiger partial charge in [-0.25, -0.2) is 0 Å². The van der Waals surface area contributed by atoms with E-state index in [4.69, 9.17) is 23.2 Å². The van der Waals surface area contributed by atoms with Gasteiger partial charge in [-0.1, -0.05) is 41.9 Å². The number of carbonyl (C=O) groups excluding carboxylic acids is 1. The lowest BCUT2D eigenvalue weighted by Gasteiger charge is -2.07. The lowest BCUT2D eigenvalue weighted by molar-refractivity contribution is 0.102. The summed E-state index contributed by atoms with van der Waals surface area (Å²) in [5.74, 6) is 0.353. The Bertz CT molecular complexity index is 948. The van der Waals surface area contributed by atoms with Crippen LogP contribution in [0.1, 0.15) is 35.1 Å². The van der Waals surface area contributed by atoms with Crippen LogP contribution in [0.2, 0.25) is 10.0 Å². The number of aryl methyl sites for hydroxylation is 1. The molecule has 0 unspecified atom stereocenters. The van der Waals surface area contributed by atoms with Crippen LogP contribution in [0.25, 0.3) is 5.65 Å². The van der Waals surface area contributed by atoms with Crippen molar-refractivity contribution in [3.8, 4) is 0 Å². The third-order valence-electron chi connectivity index (χ3n) is 4.05. The number of halogens is 2. The van der Waals surface area contributed by atoms with Gasteiger partial charge in [0.25, 0.3) is 0 Å². The molecule has 0 aromatic carbocycles. The molecule has 5 nitrogen and oxygen atoms in total. The Morgan fingerprint density at radius 1 is 1.24 bits per heavy atom. The van der Waals surface area contributed by atoms with Gasteiger partial charge in [0.15, 0.2) is 16.6 Å². The van der Waals surface area contributed by atoms with Crippen LogP contribution in [0.5, 0.6) is 0 Å². The molecule has 3 heterocycles. The van der Waals surface area contributed by atoms with Gasteiger partial charge in [0.05, 0.1) is 15.8 Å². The topological polar surface area (TPSA) is 52.2 Å². The van der Waals surface area contributed by atoms with E-state index < -0.39 is 0 Å². The van der Waals surface area contributed by atoms with E-state index in [-0.39, 0.29) is 11.5 Å². The van der Waals surface area contributed by atoms with E-state index >= 15 is 0 Å². The normalized spacial score (nSPS) is 11.4. The number of hydrogen-bond donors (Lipinski definition) is 0. The summed E-state index contributed by atoms with van der Waals surface area (Å²) in [7, 11) is 0. The van der Waals surface area contributed by atoms with Crippen molar-refractivity contribution in [2.75, 3.05) is 5.75 Å². The largest absolute Gasteiger partial charge is 0.348 e. The molecular weight excluding hydrogens is 379 g/mol. The van der Waals surface area contributed by atoms with Crippen molar-refractivity contribution >= 4 is 46.4 Å². The second-order valence-corrected chi connectivity index (χ2v) is 7.62. The highest BCUT2D eigenvalue weighted by Crippen LogP contribution is 2.26. The number of fused-ring (bicyclic) bond motifs is 1. The minimum Gasteiger partial charge on any atom is -0.348 e. The average Bonchev–Trinajstić information content (AvgIpc) is 3.09. The molecule has 0 spiro atoms. The van der Waals surface area contributed by atoms with Crippen LogP contribution in [-0.4, -0.2) is 30.7 Å². The molecule has 0 fully saturated rings. The van der Waals surface area contributed by atoms with Crippen LogP contribution in [0.4, 0.5) is 0 Å². The number of carbonyl (C=O) groups is 1. The first-order chi connectivity index (χ1) is 11.9. The molecule has 0 saturated heterocycles. The van der Waals surface area contributed by atoms with Gasteiger partial charge in [-0.15, -0.1) is 10.2 Å². The molecule has 0 aliphatic rings. The summed E-state index contributed by atoms with van der Waals surface area (Å²) in [5, 5.41) is 9.69. The molecular formula is C17H18Cl2N4OS. The highest BCUT2D eigenvalue weighted by molar-refractivity contribution is 7.99. The lowest BCUT2D eigenvalue weighted by Crippen LogP contribution is -2.07. The highest BCUT2D eigenvalue weighted by atomic mass is 35.5. The third-order valence-corrected chi connectivity index (χ3v) is 5.48. The van der Waals surface area contributed by atoms with Crippen LogP contribution in [0, 0.1) is 13.8 Å². The standard InChI is InChI=1S/C17H18Cl2N4OS/c1-4-5-22-10(2)6-13(11(22)3)15(24)9-25-17-21-20-16-14(19)7-12(18)8-23(16)17/h6-8H,4-5,9H2,1-3H3. The van der Waals surface area contributed by atoms with Crippen LogP contribution >= 0.6 is 35.0 Å². The van der Waals surface area contributed by atoms with E-state index in [1.165, 1.54) is 11.8 Å². The Morgan fingerprint density at radius 2 is 2.00 bits per heavy atom. The van der Waals surface area contributed by atoms with Crippen LogP contribution in [0.3, 0.4) is 0 Å². The second-order valence-electron chi connectivity index (χ2n) is 5.83. The van der Waals surface area contributed by atoms with E-state index in [1.807, 2.05) is 19.9 Å². The van der Waals surface area contributed by atoms with Gasteiger partial charge in [0.2, 0.25) is 0 Å². The van der Waals surface area contributed by atoms with Crippen LogP contribution in [-0.2, 0) is 6.54 Å². The zero-order chi connectivity index (χ0) is 18.1. The molecule has 0 bridgehead atoms. The molecule has 8 heteroatoms. The van der Waals surface area contributed by atoms with Gasteiger partial charge in [-0.05, 0) is 32.4 Å². The molecule has 0 aliphatic heterocycles. The Hall–Kier alpha value is -1.50. The van der Waals surface area contributed by atoms with Gasteiger partial charge < -0.3 is 4.57 Å². The monoisotopic (exact) mass is 396 g/mol. The van der Waals surface area contributed by atoms with E-state index in [9.17, 15) is 4.79 Å². The molecule has 3 aromatic heterocycles. The number of ketones is 1. The average molecular weight is 397 g/mol. The van der Waals surface area contributed by atoms with Gasteiger partial charge in [0.1, 0.15) is 0 Å². The van der Waals surface area contributed by atoms with Crippen LogP contribution in [0.15, 0.2) is 23.5 Å². The highest BCUT2D eigenvalue weighted by Gasteiger charge is 2.17. The molecule has 0 radical (unpaired) electrons. The summed E-state index contributed by atoms with van der Waals surface area (Å²) in [4.78, 5) is 12.7. The van der Waals surface area contributed by atoms with Gasteiger partial charge in [0, 0.05) is 29.7 Å². The number of pyridine rings is 1. The van der Waals surface area contributed by atoms with Gasteiger partial charge in [-0.3, -0.25) is 9.20 Å². The predicted molar refractivity (Wildman–Crippen MR) is 102 cm³/mol. The maximum atomic E-state index is 12.7. The number of aromatic nitrogens is 4. The minimum atomic E-state index is 0.0744. The number of thioether (sulfide) groups is 1. The zero-order valence-electron chi connectivity index (χ0n) is 14.2. The van der Waals surface area contributed by atoms with Crippen molar-refractivity contribution in [3.05, 3.63) is 45.3 Å². The molecule has 0 aliphatic carbocycles. The minimum absolute atomic E-state index is 0.0744. The summed E-state index contributed by atoms with van der Waals surface area (Å²) in [6.45, 7) is 7.07. The third kappa shape index (κ3) is 3.57. The van der Waals surface area contributed by atoms with Crippen molar-refractivity contribution < 1.29 is 4.79 Å². The van der Waals surface area contributed by atoms with E-state index in [2.05, 4.69) is 21.7 Å². The number of nitrogens with zero attached hydrogens (tertiary/aromatic N) is 4. The van der Waals surface area contributed by atoms with E-state index in [0.717, 1.165) is 29.9 Å². The first-order valence-electron chi connectivity index (χ1n) is 7.94. The fourth-order valence-electron chi connectivity index (χ4n) is 2.86. The molecule has 3 aromatic rings. The molecule has 25 heavy (non-hydrogen) atoms. The summed E-state index contributed by atoms with van der Waals surface area (Å²) >= 11 is 13.5. The lowest BCUT2D eigenvalue weighted by atomic mass is 10.2. The Morgan fingerprint density at radius 3 is 2.72 bits per heavy atom. The van der Waals surface area contributed by atoms with Crippen molar-refractivity contribution in [2.24, 2.45) is 0 Å². The van der Waals surface area contributed by atoms with Crippen molar-refractivity contribution in [1.29, 1.82) is 0 Å². The Labute approximate surface area is 160 Å². The molecule has 132 valence electrons. The maximum Gasteiger partial charge on any atom is 0.196 e. The fraction of sp³-hybridized carbons (Fsp3) is 0.353. The molecule has 0 saturated carbocycles. The number of hydrogen-bond acceptors (Lipinski definition) is 4. The summed E-state index contributed by atoms with van der Waals surface area (Å²) < 4.78 is 3.90. The Kier molecular flexibility index (Phi) is 5.41. The summed E-state index contributed by atoms with van der Waals surface area (Å²) in [5.41, 5.74) is 3.42. The smallest absolute Gasteiger partial charge is 0.196 e. The molecule has 0 N–H and O–H groups in total. The number of rotatable bonds is 6. The Balaban J connectivity index is 1.80. The van der Waals surface area contributed by atoms with E-state index in [0.29, 0.717) is 20.8 Å². The maximum absolute atomic E-state index is 12.7. The van der Waals surface area contributed by atoms with E-state index in [1.54, 1.807) is 16.7 Å². The van der Waals surface area contributed by atoms with Gasteiger partial charge >= 0.3 is 0 Å². The van der Waals surface area contributed by atoms with Crippen molar-refractivity contribution in [1.82, 2.24) is 19.2 Å². The number of Topliss-reactive ketones (excluding diaryl/α,β-unsaturated/α-hetero) is 1. The second kappa shape index (κ2) is 7.40. The molecule has 0 atom stereocenters. The summed E-state index contributed by atoms with van der Waals surface area (Å²) in [6, 6.07) is 3.58. The predicted octanol–water partition coefficient (Wildman–Crippen LogP) is 4.84. The zero-order valence-corrected chi connectivity index (χ0v) is 16.5. The quantitative estimate of drug-likeness (QED) is 0.441. The van der Waals surface area contributed by atoms with Crippen LogP contribution < -0.4 is 0 Å². The fourth-order valence-corrected chi connectivity index (χ4v) is 4.16.